The topological polar surface area (TPSA) is 51.6 Å². The van der Waals surface area contributed by atoms with Crippen LogP contribution in [0.3, 0.4) is 0 Å². The van der Waals surface area contributed by atoms with Gasteiger partial charge in [0.1, 0.15) is 16.8 Å². The Bertz CT molecular complexity index is 1190. The SMILES string of the molecule is CC(C)(C)P(C[c-]1cc([Si](C)(C)C)cc1C(P)(c1ncccn1)c1ncccn1)C(C)(C)C.[Fe].[cH-]1[cH-][cH-][cH-][cH-]1. The molecule has 0 saturated carbocycles. The molecule has 2 aromatic carbocycles. The summed E-state index contributed by atoms with van der Waals surface area (Å²) in [6.45, 7) is 21.6. The smallest absolute Gasteiger partial charge is 0.147 e. The van der Waals surface area contributed by atoms with Crippen molar-refractivity contribution in [2.24, 2.45) is 0 Å². The molecule has 216 valence electrons. The van der Waals surface area contributed by atoms with Crippen molar-refractivity contribution < 1.29 is 17.1 Å². The Morgan fingerprint density at radius 3 is 1.49 bits per heavy atom. The summed E-state index contributed by atoms with van der Waals surface area (Å²) in [4.78, 5) is 18.8. The normalized spacial score (nSPS) is 12.5. The molecule has 0 amide bonds. The first-order valence-corrected chi connectivity index (χ1v) is 18.8. The molecule has 39 heavy (non-hydrogen) atoms. The summed E-state index contributed by atoms with van der Waals surface area (Å²) in [5.74, 6) is 1.43. The molecule has 4 nitrogen and oxygen atoms in total. The van der Waals surface area contributed by atoms with Crippen LogP contribution in [0.2, 0.25) is 19.6 Å². The van der Waals surface area contributed by atoms with E-state index in [2.05, 4.69) is 82.6 Å². The number of hydrogen-bond donors (Lipinski definition) is 0. The van der Waals surface area contributed by atoms with Gasteiger partial charge in [-0.3, -0.25) is 0 Å². The van der Waals surface area contributed by atoms with Crippen molar-refractivity contribution in [3.8, 4) is 0 Å². The minimum absolute atomic E-state index is 0. The zero-order valence-electron chi connectivity index (χ0n) is 24.9. The van der Waals surface area contributed by atoms with Gasteiger partial charge in [-0.15, -0.1) is 28.3 Å². The van der Waals surface area contributed by atoms with Crippen LogP contribution in [0, 0.1) is 0 Å². The average Bonchev–Trinajstić information content (AvgIpc) is 3.55. The minimum atomic E-state index is -1.55. The number of aromatic nitrogens is 4. The van der Waals surface area contributed by atoms with E-state index in [9.17, 15) is 0 Å². The van der Waals surface area contributed by atoms with Crippen LogP contribution in [0.4, 0.5) is 0 Å². The first kappa shape index (κ1) is 33.7. The summed E-state index contributed by atoms with van der Waals surface area (Å²) < 4.78 is 0. The fraction of sp³-hybridized carbons (Fsp3) is 0.419. The van der Waals surface area contributed by atoms with Crippen molar-refractivity contribution >= 4 is 30.4 Å². The maximum Gasteiger partial charge on any atom is 0.147 e. The standard InChI is InChI=1S/C26H39N4P2Si.C5H5.Fe/c1-24(2,3)32(25(4,5)6)18-19-16-20(33(7,8)9)17-21(19)26(31,22-27-12-10-13-28-22)23-29-14-11-15-30-23;1-2-4-5-3-1;/h10-17H,18,31H2,1-9H3;1-5H;/q-1;-5;. The third kappa shape index (κ3) is 8.48. The van der Waals surface area contributed by atoms with Gasteiger partial charge in [0.15, 0.2) is 0 Å². The summed E-state index contributed by atoms with van der Waals surface area (Å²) in [5.41, 5.74) is 2.61. The van der Waals surface area contributed by atoms with Crippen LogP contribution < -0.4 is 5.19 Å². The first-order chi connectivity index (χ1) is 17.6. The van der Waals surface area contributed by atoms with Crippen LogP contribution in [-0.4, -0.2) is 38.3 Å². The van der Waals surface area contributed by atoms with E-state index in [1.807, 2.05) is 67.3 Å². The van der Waals surface area contributed by atoms with Gasteiger partial charge in [0, 0.05) is 49.9 Å². The molecule has 0 spiro atoms. The van der Waals surface area contributed by atoms with Gasteiger partial charge in [0.2, 0.25) is 0 Å². The van der Waals surface area contributed by atoms with Crippen LogP contribution in [0.5, 0.6) is 0 Å². The number of rotatable bonds is 6. The van der Waals surface area contributed by atoms with Gasteiger partial charge in [0.05, 0.1) is 0 Å². The van der Waals surface area contributed by atoms with Crippen molar-refractivity contribution in [3.63, 3.8) is 0 Å². The Kier molecular flexibility index (Phi) is 11.6. The maximum absolute atomic E-state index is 4.70. The molecule has 0 aliphatic carbocycles. The summed E-state index contributed by atoms with van der Waals surface area (Å²) in [7, 11) is 1.17. The molecular weight excluding hydrogens is 574 g/mol. The molecule has 2 aromatic heterocycles. The van der Waals surface area contributed by atoms with E-state index in [-0.39, 0.29) is 35.3 Å². The van der Waals surface area contributed by atoms with Crippen molar-refractivity contribution in [2.75, 3.05) is 0 Å². The predicted octanol–water partition coefficient (Wildman–Crippen LogP) is 7.68. The van der Waals surface area contributed by atoms with Crippen LogP contribution >= 0.6 is 17.2 Å². The molecule has 4 aromatic rings. The molecule has 0 aliphatic rings. The fourth-order valence-electron chi connectivity index (χ4n) is 4.80. The van der Waals surface area contributed by atoms with Crippen molar-refractivity contribution in [1.82, 2.24) is 19.9 Å². The summed E-state index contributed by atoms with van der Waals surface area (Å²) in [6, 6.07) is 18.6. The van der Waals surface area contributed by atoms with E-state index >= 15 is 0 Å². The third-order valence-electron chi connectivity index (χ3n) is 6.61. The van der Waals surface area contributed by atoms with Crippen LogP contribution in [-0.2, 0) is 28.4 Å². The molecule has 0 radical (unpaired) electrons. The second-order valence-corrected chi connectivity index (χ2v) is 22.6. The molecule has 4 rings (SSSR count). The summed E-state index contributed by atoms with van der Waals surface area (Å²) in [6.07, 6.45) is 8.29. The Balaban J connectivity index is 0.000000797. The molecule has 0 bridgehead atoms. The maximum atomic E-state index is 4.70. The molecule has 1 atom stereocenters. The van der Waals surface area contributed by atoms with E-state index in [4.69, 9.17) is 19.9 Å². The average molecular weight is 619 g/mol. The monoisotopic (exact) mass is 618 g/mol. The van der Waals surface area contributed by atoms with E-state index in [1.54, 1.807) is 0 Å². The number of hydrogen-bond acceptors (Lipinski definition) is 4. The zero-order valence-corrected chi connectivity index (χ0v) is 29.0. The fourth-order valence-corrected chi connectivity index (χ4v) is 10.1. The molecule has 8 heteroatoms. The Morgan fingerprint density at radius 1 is 0.769 bits per heavy atom. The Labute approximate surface area is 251 Å². The van der Waals surface area contributed by atoms with Crippen LogP contribution in [0.15, 0.2) is 79.4 Å². The Hall–Kier alpha value is -1.54. The van der Waals surface area contributed by atoms with Gasteiger partial charge < -0.3 is 30.3 Å². The van der Waals surface area contributed by atoms with Crippen molar-refractivity contribution in [2.45, 2.75) is 82.8 Å². The summed E-state index contributed by atoms with van der Waals surface area (Å²) >= 11 is 0. The van der Waals surface area contributed by atoms with Crippen molar-refractivity contribution in [1.29, 1.82) is 0 Å². The molecule has 1 unspecified atom stereocenters. The van der Waals surface area contributed by atoms with Gasteiger partial charge in [0.25, 0.3) is 0 Å². The van der Waals surface area contributed by atoms with E-state index in [0.29, 0.717) is 11.6 Å². The van der Waals surface area contributed by atoms with Gasteiger partial charge in [-0.1, -0.05) is 67.3 Å². The van der Waals surface area contributed by atoms with Gasteiger partial charge in [-0.2, -0.15) is 6.07 Å². The van der Waals surface area contributed by atoms with Crippen LogP contribution in [0.1, 0.15) is 64.3 Å². The Morgan fingerprint density at radius 2 is 1.15 bits per heavy atom. The molecule has 0 saturated heterocycles. The van der Waals surface area contributed by atoms with Gasteiger partial charge >= 0.3 is 0 Å². The molecule has 0 fully saturated rings. The quantitative estimate of drug-likeness (QED) is 0.126. The predicted molar refractivity (Wildman–Crippen MR) is 171 cm³/mol. The van der Waals surface area contributed by atoms with E-state index in [1.165, 1.54) is 16.3 Å². The van der Waals surface area contributed by atoms with E-state index < -0.39 is 13.2 Å². The van der Waals surface area contributed by atoms with Gasteiger partial charge in [-0.25, -0.2) is 31.2 Å². The summed E-state index contributed by atoms with van der Waals surface area (Å²) in [5, 5.41) is 1.23. The molecule has 0 aliphatic heterocycles. The first-order valence-electron chi connectivity index (χ1n) is 13.2. The van der Waals surface area contributed by atoms with Gasteiger partial charge in [-0.05, 0) is 22.4 Å². The molecule has 2 heterocycles. The van der Waals surface area contributed by atoms with Crippen molar-refractivity contribution in [3.05, 3.63) is 102 Å². The third-order valence-corrected chi connectivity index (χ3v) is 13.4. The largest absolute Gasteiger partial charge is 0.748 e. The second kappa shape index (κ2) is 13.4. The van der Waals surface area contributed by atoms with Crippen LogP contribution in [0.25, 0.3) is 0 Å². The van der Waals surface area contributed by atoms with E-state index in [0.717, 1.165) is 6.16 Å². The number of nitrogens with zero attached hydrogens (tertiary/aromatic N) is 4. The molecular formula is C31H44FeN4P2Si-6. The minimum Gasteiger partial charge on any atom is -0.748 e. The zero-order chi connectivity index (χ0) is 28.2. The second-order valence-electron chi connectivity index (χ2n) is 12.8. The molecule has 0 N–H and O–H groups in total.